The van der Waals surface area contributed by atoms with Gasteiger partial charge in [0.05, 0.1) is 29.6 Å². The molecule has 0 saturated carbocycles. The Morgan fingerprint density at radius 1 is 1.02 bits per heavy atom. The van der Waals surface area contributed by atoms with Crippen LogP contribution < -0.4 is 10.6 Å². The average Bonchev–Trinajstić information content (AvgIpc) is 3.59. The summed E-state index contributed by atoms with van der Waals surface area (Å²) in [7, 11) is 1.61. The molecule has 0 spiro atoms. The van der Waals surface area contributed by atoms with Crippen LogP contribution in [0, 0.1) is 0 Å². The normalized spacial score (nSPS) is 16.2. The van der Waals surface area contributed by atoms with Gasteiger partial charge in [-0.15, -0.1) is 0 Å². The molecule has 208 valence electrons. The number of nitrogens with zero attached hydrogens (tertiary/aromatic N) is 5. The van der Waals surface area contributed by atoms with Crippen molar-refractivity contribution in [3.8, 4) is 22.8 Å². The molecule has 0 saturated heterocycles. The molecule has 3 N–H and O–H groups in total. The van der Waals surface area contributed by atoms with Crippen LogP contribution in [0.1, 0.15) is 43.0 Å². The Morgan fingerprint density at radius 2 is 1.83 bits per heavy atom. The standard InChI is InChI=1S/C30H29N7O4/c1-30(2)26-20(29(39-3)40-30)9-10-24(35-26)34-25-15-22(33-23(17-38)18-7-5-4-6-8-18)21(16-32-25)28-36-27(37-41-28)19-11-13-31-14-12-19/h4-16,23,29,38H,17H2,1-3H3,(H2,32,33,34,35)/t23-,29?/m1/s1. The minimum atomic E-state index is -0.605. The first-order chi connectivity index (χ1) is 19.9. The Kier molecular flexibility index (Phi) is 7.14. The zero-order valence-electron chi connectivity index (χ0n) is 22.8. The Hall–Kier alpha value is -4.71. The van der Waals surface area contributed by atoms with Gasteiger partial charge in [-0.1, -0.05) is 35.5 Å². The van der Waals surface area contributed by atoms with Crippen molar-refractivity contribution in [1.29, 1.82) is 0 Å². The third kappa shape index (κ3) is 5.38. The van der Waals surface area contributed by atoms with E-state index in [1.165, 1.54) is 0 Å². The van der Waals surface area contributed by atoms with Crippen LogP contribution in [0.25, 0.3) is 22.8 Å². The van der Waals surface area contributed by atoms with Gasteiger partial charge in [0.1, 0.15) is 17.2 Å². The zero-order chi connectivity index (χ0) is 28.4. The second-order valence-electron chi connectivity index (χ2n) is 10.0. The highest BCUT2D eigenvalue weighted by atomic mass is 16.7. The van der Waals surface area contributed by atoms with Gasteiger partial charge in [-0.25, -0.2) is 9.97 Å². The molecule has 1 aliphatic heterocycles. The van der Waals surface area contributed by atoms with Crippen LogP contribution in [-0.2, 0) is 15.1 Å². The fourth-order valence-electron chi connectivity index (χ4n) is 4.78. The van der Waals surface area contributed by atoms with E-state index in [1.54, 1.807) is 37.8 Å². The number of rotatable bonds is 9. The highest BCUT2D eigenvalue weighted by Gasteiger charge is 2.39. The smallest absolute Gasteiger partial charge is 0.261 e. The van der Waals surface area contributed by atoms with Gasteiger partial charge in [0.15, 0.2) is 6.29 Å². The lowest BCUT2D eigenvalue weighted by molar-refractivity contribution is -0.175. The number of aromatic nitrogens is 5. The number of anilines is 3. The Balaban J connectivity index is 1.35. The molecule has 4 aromatic heterocycles. The lowest BCUT2D eigenvalue weighted by atomic mass is 10.0. The zero-order valence-corrected chi connectivity index (χ0v) is 22.8. The second kappa shape index (κ2) is 11.0. The van der Waals surface area contributed by atoms with Crippen molar-refractivity contribution in [3.63, 3.8) is 0 Å². The van der Waals surface area contributed by atoms with Crippen molar-refractivity contribution in [1.82, 2.24) is 25.1 Å². The first-order valence-corrected chi connectivity index (χ1v) is 13.1. The van der Waals surface area contributed by atoms with Crippen LogP contribution in [0.15, 0.2) is 83.8 Å². The SMILES string of the molecule is COC1OC(C)(C)c2nc(Nc3cc(N[C@H](CO)c4ccccc4)c(-c4nc(-c5ccncc5)no4)cn3)ccc21. The van der Waals surface area contributed by atoms with Crippen LogP contribution in [0.2, 0.25) is 0 Å². The van der Waals surface area contributed by atoms with Crippen molar-refractivity contribution in [2.75, 3.05) is 24.4 Å². The fraction of sp³-hybridized carbons (Fsp3) is 0.233. The van der Waals surface area contributed by atoms with Gasteiger partial charge in [-0.3, -0.25) is 4.98 Å². The third-order valence-corrected chi connectivity index (χ3v) is 6.84. The van der Waals surface area contributed by atoms with E-state index in [2.05, 4.69) is 30.7 Å². The average molecular weight is 552 g/mol. The number of aliphatic hydroxyl groups excluding tert-OH is 1. The summed E-state index contributed by atoms with van der Waals surface area (Å²) < 4.78 is 17.1. The fourth-order valence-corrected chi connectivity index (χ4v) is 4.78. The van der Waals surface area contributed by atoms with E-state index in [-0.39, 0.29) is 12.5 Å². The Bertz CT molecular complexity index is 1640. The molecule has 0 aliphatic carbocycles. The lowest BCUT2D eigenvalue weighted by Gasteiger charge is -2.20. The number of hydrogen-bond acceptors (Lipinski definition) is 11. The van der Waals surface area contributed by atoms with Crippen LogP contribution in [0.4, 0.5) is 17.3 Å². The molecule has 1 aromatic carbocycles. The van der Waals surface area contributed by atoms with Crippen LogP contribution in [0.5, 0.6) is 0 Å². The van der Waals surface area contributed by atoms with Gasteiger partial charge in [-0.2, -0.15) is 4.98 Å². The maximum atomic E-state index is 10.3. The molecule has 0 fully saturated rings. The number of methoxy groups -OCH3 is 1. The van der Waals surface area contributed by atoms with Gasteiger partial charge in [-0.05, 0) is 43.7 Å². The van der Waals surface area contributed by atoms with E-state index in [9.17, 15) is 5.11 Å². The summed E-state index contributed by atoms with van der Waals surface area (Å²) in [5.74, 6) is 1.84. The van der Waals surface area contributed by atoms with E-state index in [0.717, 1.165) is 22.4 Å². The summed E-state index contributed by atoms with van der Waals surface area (Å²) >= 11 is 0. The number of aliphatic hydroxyl groups is 1. The van der Waals surface area contributed by atoms with Crippen molar-refractivity contribution in [2.24, 2.45) is 0 Å². The maximum Gasteiger partial charge on any atom is 0.261 e. The van der Waals surface area contributed by atoms with E-state index in [0.29, 0.717) is 28.7 Å². The summed E-state index contributed by atoms with van der Waals surface area (Å²) in [6, 6.07) is 18.5. The van der Waals surface area contributed by atoms with Crippen LogP contribution in [0.3, 0.4) is 0 Å². The van der Waals surface area contributed by atoms with Crippen LogP contribution in [-0.4, -0.2) is 43.9 Å². The van der Waals surface area contributed by atoms with Gasteiger partial charge in [0, 0.05) is 42.9 Å². The number of hydrogen-bond donors (Lipinski definition) is 3. The van der Waals surface area contributed by atoms with Gasteiger partial charge < -0.3 is 29.7 Å². The van der Waals surface area contributed by atoms with Crippen molar-refractivity contribution in [2.45, 2.75) is 31.8 Å². The largest absolute Gasteiger partial charge is 0.394 e. The maximum absolute atomic E-state index is 10.3. The summed E-state index contributed by atoms with van der Waals surface area (Å²) in [5.41, 5.74) is 4.00. The van der Waals surface area contributed by atoms with Crippen molar-refractivity contribution in [3.05, 3.63) is 96.1 Å². The first kappa shape index (κ1) is 26.5. The molecular weight excluding hydrogens is 522 g/mol. The number of ether oxygens (including phenoxy) is 2. The molecule has 5 heterocycles. The molecule has 41 heavy (non-hydrogen) atoms. The van der Waals surface area contributed by atoms with Gasteiger partial charge in [0.25, 0.3) is 5.89 Å². The van der Waals surface area contributed by atoms with Gasteiger partial charge in [0.2, 0.25) is 5.82 Å². The Labute approximate surface area is 236 Å². The van der Waals surface area contributed by atoms with E-state index in [4.69, 9.17) is 19.0 Å². The lowest BCUT2D eigenvalue weighted by Crippen LogP contribution is -2.18. The van der Waals surface area contributed by atoms with Crippen molar-refractivity contribution < 1.29 is 19.1 Å². The highest BCUT2D eigenvalue weighted by molar-refractivity contribution is 5.76. The minimum absolute atomic E-state index is 0.136. The predicted molar refractivity (Wildman–Crippen MR) is 152 cm³/mol. The molecule has 2 atom stereocenters. The quantitative estimate of drug-likeness (QED) is 0.217. The minimum Gasteiger partial charge on any atom is -0.394 e. The molecule has 0 radical (unpaired) electrons. The topological polar surface area (TPSA) is 140 Å². The Morgan fingerprint density at radius 3 is 2.59 bits per heavy atom. The number of fused-ring (bicyclic) bond motifs is 1. The van der Waals surface area contributed by atoms with E-state index < -0.39 is 17.9 Å². The number of nitrogens with one attached hydrogen (secondary N) is 2. The molecule has 1 unspecified atom stereocenters. The highest BCUT2D eigenvalue weighted by Crippen LogP contribution is 2.43. The molecule has 11 heteroatoms. The third-order valence-electron chi connectivity index (χ3n) is 6.84. The summed E-state index contributed by atoms with van der Waals surface area (Å²) in [4.78, 5) is 18.1. The first-order valence-electron chi connectivity index (χ1n) is 13.1. The van der Waals surface area contributed by atoms with E-state index >= 15 is 0 Å². The molecular formula is C30H29N7O4. The van der Waals surface area contributed by atoms with Crippen molar-refractivity contribution >= 4 is 17.3 Å². The second-order valence-corrected chi connectivity index (χ2v) is 10.0. The molecule has 11 nitrogen and oxygen atoms in total. The monoisotopic (exact) mass is 551 g/mol. The molecule has 6 rings (SSSR count). The molecule has 5 aromatic rings. The number of benzene rings is 1. The van der Waals surface area contributed by atoms with Crippen LogP contribution >= 0.6 is 0 Å². The van der Waals surface area contributed by atoms with Gasteiger partial charge >= 0.3 is 0 Å². The summed E-state index contributed by atoms with van der Waals surface area (Å²) in [6.45, 7) is 3.78. The predicted octanol–water partition coefficient (Wildman–Crippen LogP) is 5.39. The summed E-state index contributed by atoms with van der Waals surface area (Å²) in [6.07, 6.45) is 4.52. The van der Waals surface area contributed by atoms with E-state index in [1.807, 2.05) is 62.4 Å². The molecule has 1 aliphatic rings. The molecule has 0 amide bonds. The number of pyridine rings is 3. The summed E-state index contributed by atoms with van der Waals surface area (Å²) in [5, 5.41) is 21.1. The molecule has 0 bridgehead atoms.